The molecule has 4 nitrogen and oxygen atoms in total. The quantitative estimate of drug-likeness (QED) is 0.802. The van der Waals surface area contributed by atoms with Crippen molar-refractivity contribution >= 4 is 5.65 Å². The Hall–Kier alpha value is -2.33. The third kappa shape index (κ3) is 2.28. The summed E-state index contributed by atoms with van der Waals surface area (Å²) in [5.74, 6) is 0.815. The Morgan fingerprint density at radius 3 is 2.62 bits per heavy atom. The number of pyridine rings is 1. The van der Waals surface area contributed by atoms with Crippen molar-refractivity contribution in [2.75, 3.05) is 7.11 Å². The molecule has 0 aliphatic rings. The first-order chi connectivity index (χ1) is 10.1. The van der Waals surface area contributed by atoms with Gasteiger partial charge in [0.15, 0.2) is 0 Å². The number of nitrogens with two attached hydrogens (primary N) is 1. The summed E-state index contributed by atoms with van der Waals surface area (Å²) >= 11 is 0. The van der Waals surface area contributed by atoms with Gasteiger partial charge in [0.25, 0.3) is 0 Å². The van der Waals surface area contributed by atoms with Crippen molar-refractivity contribution in [2.24, 2.45) is 5.73 Å². The van der Waals surface area contributed by atoms with Crippen LogP contribution in [0.4, 0.5) is 0 Å². The van der Waals surface area contributed by atoms with Gasteiger partial charge < -0.3 is 14.9 Å². The lowest BCUT2D eigenvalue weighted by molar-refractivity contribution is 0.416. The molecule has 2 aromatic heterocycles. The molecule has 4 heteroatoms. The molecule has 0 fully saturated rings. The van der Waals surface area contributed by atoms with E-state index < -0.39 is 0 Å². The Labute approximate surface area is 124 Å². The molecule has 3 aromatic rings. The number of aromatic nitrogens is 2. The molecule has 0 aliphatic carbocycles. The summed E-state index contributed by atoms with van der Waals surface area (Å²) in [6.45, 7) is 4.55. The molecule has 0 saturated heterocycles. The summed E-state index contributed by atoms with van der Waals surface area (Å²) in [6, 6.07) is 10.2. The molecule has 1 aromatic carbocycles. The Morgan fingerprint density at radius 2 is 1.90 bits per heavy atom. The minimum atomic E-state index is 0.428. The molecule has 2 N–H and O–H groups in total. The lowest BCUT2D eigenvalue weighted by atomic mass is 10.1. The molecule has 0 radical (unpaired) electrons. The van der Waals surface area contributed by atoms with Crippen LogP contribution in [0.25, 0.3) is 16.9 Å². The van der Waals surface area contributed by atoms with Crippen molar-refractivity contribution in [1.82, 2.24) is 9.38 Å². The van der Waals surface area contributed by atoms with Crippen molar-refractivity contribution in [3.05, 3.63) is 53.3 Å². The maximum Gasteiger partial charge on any atom is 0.137 e. The van der Waals surface area contributed by atoms with E-state index in [1.807, 2.05) is 18.2 Å². The smallest absolute Gasteiger partial charge is 0.137 e. The van der Waals surface area contributed by atoms with Crippen LogP contribution in [0.5, 0.6) is 5.75 Å². The molecule has 2 heterocycles. The van der Waals surface area contributed by atoms with Gasteiger partial charge in [0.2, 0.25) is 0 Å². The van der Waals surface area contributed by atoms with E-state index in [1.54, 1.807) is 7.11 Å². The Kier molecular flexibility index (Phi) is 3.39. The summed E-state index contributed by atoms with van der Waals surface area (Å²) in [5, 5.41) is 0. The van der Waals surface area contributed by atoms with Crippen LogP contribution in [0, 0.1) is 13.8 Å². The number of benzene rings is 1. The van der Waals surface area contributed by atoms with Crippen LogP contribution in [0.1, 0.15) is 16.8 Å². The van der Waals surface area contributed by atoms with Gasteiger partial charge in [-0.1, -0.05) is 17.7 Å². The second-order valence-corrected chi connectivity index (χ2v) is 5.25. The van der Waals surface area contributed by atoms with Crippen LogP contribution in [0.15, 0.2) is 36.5 Å². The summed E-state index contributed by atoms with van der Waals surface area (Å²) in [5.41, 5.74) is 12.1. The molecule has 0 aliphatic heterocycles. The van der Waals surface area contributed by atoms with Crippen molar-refractivity contribution in [2.45, 2.75) is 20.4 Å². The summed E-state index contributed by atoms with van der Waals surface area (Å²) in [6.07, 6.45) is 2.07. The van der Waals surface area contributed by atoms with Crippen LogP contribution in [0.3, 0.4) is 0 Å². The SMILES string of the molecule is COc1ccc(C)cc1-c1nc2ccc(C)cn2c1CN. The van der Waals surface area contributed by atoms with E-state index in [0.29, 0.717) is 6.54 Å². The third-order valence-corrected chi connectivity index (χ3v) is 3.67. The molecule has 0 saturated carbocycles. The monoisotopic (exact) mass is 281 g/mol. The van der Waals surface area contributed by atoms with E-state index in [1.165, 1.54) is 11.1 Å². The number of aryl methyl sites for hydroxylation is 2. The Bertz CT molecular complexity index is 805. The Morgan fingerprint density at radius 1 is 1.14 bits per heavy atom. The first-order valence-corrected chi connectivity index (χ1v) is 6.96. The zero-order valence-electron chi connectivity index (χ0n) is 12.6. The predicted molar refractivity (Wildman–Crippen MR) is 84.5 cm³/mol. The van der Waals surface area contributed by atoms with Crippen molar-refractivity contribution < 1.29 is 4.74 Å². The molecule has 0 spiro atoms. The lowest BCUT2D eigenvalue weighted by Gasteiger charge is -2.09. The van der Waals surface area contributed by atoms with Gasteiger partial charge >= 0.3 is 0 Å². The second kappa shape index (κ2) is 5.22. The van der Waals surface area contributed by atoms with Gasteiger partial charge in [0.05, 0.1) is 18.5 Å². The summed E-state index contributed by atoms with van der Waals surface area (Å²) < 4.78 is 7.55. The zero-order chi connectivity index (χ0) is 15.0. The minimum Gasteiger partial charge on any atom is -0.496 e. The van der Waals surface area contributed by atoms with Gasteiger partial charge in [-0.3, -0.25) is 0 Å². The number of rotatable bonds is 3. The fourth-order valence-corrected chi connectivity index (χ4v) is 2.62. The standard InChI is InChI=1S/C17H19N3O/c1-11-4-6-15(21-3)13(8-11)17-14(9-18)20-10-12(2)5-7-16(20)19-17/h4-8,10H,9,18H2,1-3H3. The largest absolute Gasteiger partial charge is 0.496 e. The summed E-state index contributed by atoms with van der Waals surface area (Å²) in [7, 11) is 1.68. The topological polar surface area (TPSA) is 52.5 Å². The highest BCUT2D eigenvalue weighted by molar-refractivity contribution is 5.73. The number of fused-ring (bicyclic) bond motifs is 1. The van der Waals surface area contributed by atoms with E-state index >= 15 is 0 Å². The number of ether oxygens (including phenoxy) is 1. The third-order valence-electron chi connectivity index (χ3n) is 3.67. The van der Waals surface area contributed by atoms with Crippen LogP contribution in [-0.2, 0) is 6.54 Å². The van der Waals surface area contributed by atoms with Crippen LogP contribution < -0.4 is 10.5 Å². The summed E-state index contributed by atoms with van der Waals surface area (Å²) in [4.78, 5) is 4.75. The van der Waals surface area contributed by atoms with Crippen molar-refractivity contribution in [3.63, 3.8) is 0 Å². The number of hydrogen-bond acceptors (Lipinski definition) is 3. The fraction of sp³-hybridized carbons (Fsp3) is 0.235. The highest BCUT2D eigenvalue weighted by Crippen LogP contribution is 2.33. The Balaban J connectivity index is 2.32. The van der Waals surface area contributed by atoms with Gasteiger partial charge in [0, 0.05) is 18.3 Å². The molecule has 108 valence electrons. The number of methoxy groups -OCH3 is 1. The van der Waals surface area contributed by atoms with Gasteiger partial charge in [-0.15, -0.1) is 0 Å². The highest BCUT2D eigenvalue weighted by atomic mass is 16.5. The second-order valence-electron chi connectivity index (χ2n) is 5.25. The molecule has 3 rings (SSSR count). The average molecular weight is 281 g/mol. The van der Waals surface area contributed by atoms with Crippen molar-refractivity contribution in [1.29, 1.82) is 0 Å². The zero-order valence-corrected chi connectivity index (χ0v) is 12.6. The van der Waals surface area contributed by atoms with Crippen LogP contribution >= 0.6 is 0 Å². The van der Waals surface area contributed by atoms with E-state index in [2.05, 4.69) is 36.6 Å². The average Bonchev–Trinajstić information content (AvgIpc) is 2.84. The van der Waals surface area contributed by atoms with Crippen LogP contribution in [-0.4, -0.2) is 16.5 Å². The number of nitrogens with zero attached hydrogens (tertiary/aromatic N) is 2. The normalized spacial score (nSPS) is 11.0. The first-order valence-electron chi connectivity index (χ1n) is 6.96. The van der Waals surface area contributed by atoms with Gasteiger partial charge in [-0.25, -0.2) is 4.98 Å². The molecule has 0 unspecified atom stereocenters. The van der Waals surface area contributed by atoms with Crippen LogP contribution in [0.2, 0.25) is 0 Å². The molecule has 21 heavy (non-hydrogen) atoms. The molecule has 0 bridgehead atoms. The van der Waals surface area contributed by atoms with Gasteiger partial charge in [0.1, 0.15) is 11.4 Å². The lowest BCUT2D eigenvalue weighted by Crippen LogP contribution is -2.03. The van der Waals surface area contributed by atoms with E-state index in [4.69, 9.17) is 15.5 Å². The van der Waals surface area contributed by atoms with E-state index in [0.717, 1.165) is 28.3 Å². The highest BCUT2D eigenvalue weighted by Gasteiger charge is 2.16. The van der Waals surface area contributed by atoms with Crippen molar-refractivity contribution in [3.8, 4) is 17.0 Å². The predicted octanol–water partition coefficient (Wildman–Crippen LogP) is 3.09. The van der Waals surface area contributed by atoms with E-state index in [-0.39, 0.29) is 0 Å². The number of hydrogen-bond donors (Lipinski definition) is 1. The van der Waals surface area contributed by atoms with Gasteiger partial charge in [-0.2, -0.15) is 0 Å². The molecular formula is C17H19N3O. The van der Waals surface area contributed by atoms with Gasteiger partial charge in [-0.05, 0) is 37.6 Å². The number of imidazole rings is 1. The maximum atomic E-state index is 5.98. The maximum absolute atomic E-state index is 5.98. The molecule has 0 atom stereocenters. The van der Waals surface area contributed by atoms with E-state index in [9.17, 15) is 0 Å². The fourth-order valence-electron chi connectivity index (χ4n) is 2.62. The molecular weight excluding hydrogens is 262 g/mol. The first kappa shape index (κ1) is 13.6. The molecule has 0 amide bonds. The minimum absolute atomic E-state index is 0.428.